The zero-order valence-corrected chi connectivity index (χ0v) is 16.4. The molecule has 0 radical (unpaired) electrons. The zero-order valence-electron chi connectivity index (χ0n) is 16.4. The first-order chi connectivity index (χ1) is 12.7. The minimum absolute atomic E-state index is 0.625. The molecule has 1 unspecified atom stereocenters. The van der Waals surface area contributed by atoms with Gasteiger partial charge in [0.25, 0.3) is 0 Å². The molecule has 2 aliphatic rings. The van der Waals surface area contributed by atoms with Crippen LogP contribution in [0.15, 0.2) is 29.3 Å². The van der Waals surface area contributed by atoms with E-state index in [9.17, 15) is 0 Å². The smallest absolute Gasteiger partial charge is 0.194 e. The number of nitrogens with one attached hydrogen (secondary N) is 1. The maximum Gasteiger partial charge on any atom is 0.194 e. The van der Waals surface area contributed by atoms with Crippen molar-refractivity contribution in [3.05, 3.63) is 29.8 Å². The van der Waals surface area contributed by atoms with Crippen LogP contribution >= 0.6 is 0 Å². The Balaban J connectivity index is 1.63. The Morgan fingerprint density at radius 3 is 2.81 bits per heavy atom. The molecule has 2 saturated heterocycles. The quantitative estimate of drug-likeness (QED) is 0.639. The highest BCUT2D eigenvalue weighted by molar-refractivity contribution is 5.80. The molecule has 144 valence electrons. The van der Waals surface area contributed by atoms with Gasteiger partial charge in [-0.05, 0) is 31.0 Å². The van der Waals surface area contributed by atoms with Crippen molar-refractivity contribution >= 4 is 11.6 Å². The average Bonchev–Trinajstić information content (AvgIpc) is 3.16. The summed E-state index contributed by atoms with van der Waals surface area (Å²) in [5.74, 6) is 1.04. The molecule has 0 amide bonds. The van der Waals surface area contributed by atoms with Gasteiger partial charge >= 0.3 is 0 Å². The molecule has 0 bridgehead atoms. The minimum atomic E-state index is 0.625. The van der Waals surface area contributed by atoms with E-state index in [2.05, 4.69) is 65.3 Å². The fraction of sp³-hybridized carbons (Fsp3) is 0.650. The molecule has 0 aromatic heterocycles. The fourth-order valence-electron chi connectivity index (χ4n) is 3.70. The molecule has 2 fully saturated rings. The maximum absolute atomic E-state index is 5.49. The molecule has 1 aromatic carbocycles. The number of hydrogen-bond acceptors (Lipinski definition) is 4. The van der Waals surface area contributed by atoms with Gasteiger partial charge in [-0.15, -0.1) is 0 Å². The van der Waals surface area contributed by atoms with Gasteiger partial charge in [-0.3, -0.25) is 4.90 Å². The predicted octanol–water partition coefficient (Wildman–Crippen LogP) is 1.62. The van der Waals surface area contributed by atoms with Crippen LogP contribution < -0.4 is 10.2 Å². The first-order valence-corrected chi connectivity index (χ1v) is 9.78. The molecular weight excluding hydrogens is 326 g/mol. The SMILES string of the molecule is CCNC(=NCc1cccc(N(C)C)c1)N1CCC(N2CCOCC2)C1. The third-order valence-electron chi connectivity index (χ3n) is 5.20. The molecule has 1 N–H and O–H groups in total. The lowest BCUT2D eigenvalue weighted by Gasteiger charge is -2.32. The number of aliphatic imine (C=N–C) groups is 1. The average molecular weight is 360 g/mol. The van der Waals surface area contributed by atoms with Crippen molar-refractivity contribution < 1.29 is 4.74 Å². The highest BCUT2D eigenvalue weighted by Gasteiger charge is 2.30. The van der Waals surface area contributed by atoms with Crippen LogP contribution in [0.4, 0.5) is 5.69 Å². The van der Waals surface area contributed by atoms with Crippen LogP contribution in [0.1, 0.15) is 18.9 Å². The van der Waals surface area contributed by atoms with Crippen molar-refractivity contribution in [3.8, 4) is 0 Å². The van der Waals surface area contributed by atoms with Crippen molar-refractivity contribution in [2.75, 3.05) is 64.9 Å². The van der Waals surface area contributed by atoms with Crippen molar-refractivity contribution in [2.24, 2.45) is 4.99 Å². The van der Waals surface area contributed by atoms with Crippen LogP contribution in [0.2, 0.25) is 0 Å². The Bertz CT molecular complexity index is 598. The lowest BCUT2D eigenvalue weighted by atomic mass is 10.2. The topological polar surface area (TPSA) is 43.3 Å². The molecule has 2 aliphatic heterocycles. The second kappa shape index (κ2) is 9.24. The summed E-state index contributed by atoms with van der Waals surface area (Å²) < 4.78 is 5.49. The van der Waals surface area contributed by atoms with E-state index in [1.54, 1.807) is 0 Å². The van der Waals surface area contributed by atoms with Crippen LogP contribution in [0.25, 0.3) is 0 Å². The predicted molar refractivity (Wildman–Crippen MR) is 108 cm³/mol. The monoisotopic (exact) mass is 359 g/mol. The van der Waals surface area contributed by atoms with Crippen LogP contribution in [-0.2, 0) is 11.3 Å². The molecule has 1 aromatic rings. The Labute approximate surface area is 157 Å². The number of ether oxygens (including phenoxy) is 1. The molecule has 26 heavy (non-hydrogen) atoms. The Kier molecular flexibility index (Phi) is 6.74. The summed E-state index contributed by atoms with van der Waals surface area (Å²) in [7, 11) is 4.14. The maximum atomic E-state index is 5.49. The molecule has 0 spiro atoms. The normalized spacial score (nSPS) is 21.9. The van der Waals surface area contributed by atoms with E-state index in [1.165, 1.54) is 17.7 Å². The van der Waals surface area contributed by atoms with Crippen LogP contribution in [0.5, 0.6) is 0 Å². The second-order valence-corrected chi connectivity index (χ2v) is 7.27. The summed E-state index contributed by atoms with van der Waals surface area (Å²) >= 11 is 0. The van der Waals surface area contributed by atoms with E-state index in [0.29, 0.717) is 12.6 Å². The molecule has 0 saturated carbocycles. The number of rotatable bonds is 5. The van der Waals surface area contributed by atoms with Crippen molar-refractivity contribution in [1.82, 2.24) is 15.1 Å². The van der Waals surface area contributed by atoms with Crippen LogP contribution in [0.3, 0.4) is 0 Å². The first kappa shape index (κ1) is 19.0. The van der Waals surface area contributed by atoms with Gasteiger partial charge in [0.2, 0.25) is 0 Å². The summed E-state index contributed by atoms with van der Waals surface area (Å²) in [4.78, 5) is 12.0. The lowest BCUT2D eigenvalue weighted by Crippen LogP contribution is -2.46. The number of anilines is 1. The van der Waals surface area contributed by atoms with Gasteiger partial charge in [-0.25, -0.2) is 4.99 Å². The number of benzene rings is 1. The number of nitrogens with zero attached hydrogens (tertiary/aromatic N) is 4. The molecular formula is C20H33N5O. The molecule has 2 heterocycles. The Morgan fingerprint density at radius 1 is 1.27 bits per heavy atom. The van der Waals surface area contributed by atoms with Crippen molar-refractivity contribution in [1.29, 1.82) is 0 Å². The van der Waals surface area contributed by atoms with Crippen LogP contribution in [0, 0.1) is 0 Å². The standard InChI is InChI=1S/C20H33N5O/c1-4-21-20(22-15-17-6-5-7-18(14-17)23(2)3)25-9-8-19(16-25)24-10-12-26-13-11-24/h5-7,14,19H,4,8-13,15-16H2,1-3H3,(H,21,22). The summed E-state index contributed by atoms with van der Waals surface area (Å²) in [6, 6.07) is 9.23. The summed E-state index contributed by atoms with van der Waals surface area (Å²) in [6.45, 7) is 9.73. The zero-order chi connectivity index (χ0) is 18.4. The molecule has 1 atom stereocenters. The van der Waals surface area contributed by atoms with E-state index in [-0.39, 0.29) is 0 Å². The van der Waals surface area contributed by atoms with Gasteiger partial charge in [0.1, 0.15) is 0 Å². The van der Waals surface area contributed by atoms with Crippen molar-refractivity contribution in [2.45, 2.75) is 25.9 Å². The number of likely N-dealkylation sites (tertiary alicyclic amines) is 1. The van der Waals surface area contributed by atoms with Gasteiger partial charge in [0.15, 0.2) is 5.96 Å². The third kappa shape index (κ3) is 4.89. The fourth-order valence-corrected chi connectivity index (χ4v) is 3.70. The molecule has 0 aliphatic carbocycles. The number of hydrogen-bond donors (Lipinski definition) is 1. The first-order valence-electron chi connectivity index (χ1n) is 9.78. The number of guanidine groups is 1. The van der Waals surface area contributed by atoms with E-state index < -0.39 is 0 Å². The van der Waals surface area contributed by atoms with Crippen LogP contribution in [-0.4, -0.2) is 81.8 Å². The van der Waals surface area contributed by atoms with E-state index in [0.717, 1.165) is 51.9 Å². The van der Waals surface area contributed by atoms with Gasteiger partial charge < -0.3 is 19.9 Å². The molecule has 6 heteroatoms. The van der Waals surface area contributed by atoms with Gasteiger partial charge in [-0.2, -0.15) is 0 Å². The van der Waals surface area contributed by atoms with E-state index >= 15 is 0 Å². The minimum Gasteiger partial charge on any atom is -0.379 e. The summed E-state index contributed by atoms with van der Waals surface area (Å²) in [5, 5.41) is 3.48. The van der Waals surface area contributed by atoms with Gasteiger partial charge in [0.05, 0.1) is 19.8 Å². The number of morpholine rings is 1. The third-order valence-corrected chi connectivity index (χ3v) is 5.20. The second-order valence-electron chi connectivity index (χ2n) is 7.27. The van der Waals surface area contributed by atoms with E-state index in [1.807, 2.05) is 0 Å². The summed E-state index contributed by atoms with van der Waals surface area (Å²) in [5.41, 5.74) is 2.46. The summed E-state index contributed by atoms with van der Waals surface area (Å²) in [6.07, 6.45) is 1.21. The lowest BCUT2D eigenvalue weighted by molar-refractivity contribution is 0.0195. The highest BCUT2D eigenvalue weighted by atomic mass is 16.5. The Hall–Kier alpha value is -1.79. The Morgan fingerprint density at radius 2 is 2.08 bits per heavy atom. The molecule has 3 rings (SSSR count). The largest absolute Gasteiger partial charge is 0.379 e. The highest BCUT2D eigenvalue weighted by Crippen LogP contribution is 2.18. The van der Waals surface area contributed by atoms with Crippen molar-refractivity contribution in [3.63, 3.8) is 0 Å². The van der Waals surface area contributed by atoms with E-state index in [4.69, 9.17) is 9.73 Å². The van der Waals surface area contributed by atoms with Gasteiger partial charge in [0, 0.05) is 58.5 Å². The van der Waals surface area contributed by atoms with Gasteiger partial charge in [-0.1, -0.05) is 12.1 Å². The molecule has 6 nitrogen and oxygen atoms in total.